The molecule has 6 nitrogen and oxygen atoms in total. The number of ether oxygens (including phenoxy) is 1. The standard InChI is InChI=1S/C42H34F2N2O4/c1-26-33-20-17-27(34-21-22-35-37(39(34)50-41(43)44)45(32-18-19-32)25-36(38(35)47)40(48)49)23-28(33)24-46(26)42(29-11-5-2-6-12-29,30-13-7-3-8-14-30)31-15-9-4-10-16-31/h2-17,20-23,25-26,32,41H,18-19,24H2,1H3,(H,48,49)/p-1. The Kier molecular flexibility index (Phi) is 7.84. The summed E-state index contributed by atoms with van der Waals surface area (Å²) in [4.78, 5) is 27.6. The average molecular weight is 668 g/mol. The Labute approximate surface area is 287 Å². The van der Waals surface area contributed by atoms with E-state index in [1.165, 1.54) is 12.3 Å². The van der Waals surface area contributed by atoms with Crippen LogP contribution < -0.4 is 15.3 Å². The smallest absolute Gasteiger partial charge is 0.387 e. The molecule has 1 aliphatic heterocycles. The van der Waals surface area contributed by atoms with E-state index in [4.69, 9.17) is 4.74 Å². The third kappa shape index (κ3) is 5.10. The van der Waals surface area contributed by atoms with E-state index < -0.39 is 29.1 Å². The second-order valence-electron chi connectivity index (χ2n) is 13.0. The van der Waals surface area contributed by atoms with Crippen molar-refractivity contribution >= 4 is 16.9 Å². The van der Waals surface area contributed by atoms with Gasteiger partial charge in [0.1, 0.15) is 0 Å². The van der Waals surface area contributed by atoms with E-state index in [0.717, 1.165) is 40.7 Å². The van der Waals surface area contributed by atoms with Gasteiger partial charge in [-0.05, 0) is 71.3 Å². The van der Waals surface area contributed by atoms with Gasteiger partial charge in [0, 0.05) is 30.4 Å². The van der Waals surface area contributed by atoms with Crippen molar-refractivity contribution < 1.29 is 23.4 Å². The largest absolute Gasteiger partial charge is 0.545 e. The third-order valence-electron chi connectivity index (χ3n) is 10.2. The number of carbonyl (C=O) groups excluding carboxylic acids is 1. The van der Waals surface area contributed by atoms with Gasteiger partial charge in [-0.1, -0.05) is 103 Å². The first-order chi connectivity index (χ1) is 24.3. The minimum absolute atomic E-state index is 0.00248. The maximum Gasteiger partial charge on any atom is 0.387 e. The highest BCUT2D eigenvalue weighted by Gasteiger charge is 2.47. The molecule has 1 aliphatic carbocycles. The fourth-order valence-corrected chi connectivity index (χ4v) is 7.89. The van der Waals surface area contributed by atoms with Gasteiger partial charge in [0.2, 0.25) is 0 Å². The molecule has 5 aromatic carbocycles. The third-order valence-corrected chi connectivity index (χ3v) is 10.2. The lowest BCUT2D eigenvalue weighted by Gasteiger charge is -2.46. The van der Waals surface area contributed by atoms with Gasteiger partial charge >= 0.3 is 6.61 Å². The van der Waals surface area contributed by atoms with Gasteiger partial charge in [0.15, 0.2) is 11.2 Å². The summed E-state index contributed by atoms with van der Waals surface area (Å²) in [5.74, 6) is -1.76. The van der Waals surface area contributed by atoms with Crippen molar-refractivity contribution in [2.75, 3.05) is 0 Å². The first kappa shape index (κ1) is 31.7. The van der Waals surface area contributed by atoms with Gasteiger partial charge < -0.3 is 19.2 Å². The van der Waals surface area contributed by atoms with Crippen molar-refractivity contribution in [3.63, 3.8) is 0 Å². The van der Waals surface area contributed by atoms with E-state index >= 15 is 0 Å². The van der Waals surface area contributed by atoms with Crippen molar-refractivity contribution in [1.82, 2.24) is 9.47 Å². The van der Waals surface area contributed by atoms with E-state index in [2.05, 4.69) is 84.6 Å². The van der Waals surface area contributed by atoms with Crippen LogP contribution in [-0.4, -0.2) is 22.0 Å². The lowest BCUT2D eigenvalue weighted by atomic mass is 9.75. The van der Waals surface area contributed by atoms with Crippen molar-refractivity contribution in [2.45, 2.75) is 50.5 Å². The Morgan fingerprint density at radius 3 is 1.94 bits per heavy atom. The van der Waals surface area contributed by atoms with Crippen molar-refractivity contribution in [3.05, 3.63) is 171 Å². The van der Waals surface area contributed by atoms with Gasteiger partial charge in [0.05, 0.1) is 28.0 Å². The van der Waals surface area contributed by atoms with E-state index in [1.807, 2.05) is 36.4 Å². The molecule has 0 radical (unpaired) electrons. The second-order valence-corrected chi connectivity index (χ2v) is 13.0. The van der Waals surface area contributed by atoms with Crippen LogP contribution >= 0.6 is 0 Å². The van der Waals surface area contributed by atoms with E-state index in [1.54, 1.807) is 10.6 Å². The molecule has 6 aromatic rings. The van der Waals surface area contributed by atoms with Gasteiger partial charge in [-0.3, -0.25) is 9.69 Å². The molecule has 2 heterocycles. The van der Waals surface area contributed by atoms with Crippen LogP contribution in [0.3, 0.4) is 0 Å². The average Bonchev–Trinajstić information content (AvgIpc) is 3.93. The number of halogens is 2. The SMILES string of the molecule is CC1c2ccc(-c3ccc4c(=O)c(C(=O)[O-])cn(C5CC5)c4c3OC(F)F)cc2CN1C(c1ccccc1)(c1ccccc1)c1ccccc1. The van der Waals surface area contributed by atoms with Crippen LogP contribution in [0.25, 0.3) is 22.0 Å². The van der Waals surface area contributed by atoms with Crippen LogP contribution in [0, 0.1) is 0 Å². The number of hydrogen-bond donors (Lipinski definition) is 0. The molecule has 0 bridgehead atoms. The molecule has 1 fully saturated rings. The van der Waals surface area contributed by atoms with Crippen LogP contribution in [0.5, 0.6) is 5.75 Å². The summed E-state index contributed by atoms with van der Waals surface area (Å²) < 4.78 is 35.0. The number of rotatable bonds is 9. The lowest BCUT2D eigenvalue weighted by Crippen LogP contribution is -2.46. The Bertz CT molecular complexity index is 2190. The summed E-state index contributed by atoms with van der Waals surface area (Å²) in [6, 6.07) is 40.3. The number of carboxylic acid groups (broad SMARTS) is 1. The van der Waals surface area contributed by atoms with Gasteiger partial charge in [-0.25, -0.2) is 0 Å². The summed E-state index contributed by atoms with van der Waals surface area (Å²) >= 11 is 0. The number of benzene rings is 5. The Morgan fingerprint density at radius 1 is 0.840 bits per heavy atom. The Hall–Kier alpha value is -5.60. The minimum Gasteiger partial charge on any atom is -0.545 e. The summed E-state index contributed by atoms with van der Waals surface area (Å²) in [5, 5.41) is 11.8. The Morgan fingerprint density at radius 2 is 1.42 bits per heavy atom. The second kappa shape index (κ2) is 12.4. The first-order valence-corrected chi connectivity index (χ1v) is 16.7. The van der Waals surface area contributed by atoms with Crippen LogP contribution in [0.4, 0.5) is 8.78 Å². The zero-order chi connectivity index (χ0) is 34.6. The number of nitrogens with zero attached hydrogens (tertiary/aromatic N) is 2. The molecule has 2 aliphatic rings. The monoisotopic (exact) mass is 667 g/mol. The van der Waals surface area contributed by atoms with Crippen molar-refractivity contribution in [3.8, 4) is 16.9 Å². The molecule has 1 saturated carbocycles. The fourth-order valence-electron chi connectivity index (χ4n) is 7.89. The first-order valence-electron chi connectivity index (χ1n) is 16.7. The predicted molar refractivity (Wildman–Crippen MR) is 186 cm³/mol. The zero-order valence-corrected chi connectivity index (χ0v) is 27.3. The highest BCUT2D eigenvalue weighted by atomic mass is 19.3. The van der Waals surface area contributed by atoms with Crippen molar-refractivity contribution in [1.29, 1.82) is 0 Å². The van der Waals surface area contributed by atoms with Crippen LogP contribution in [-0.2, 0) is 12.1 Å². The molecule has 50 heavy (non-hydrogen) atoms. The van der Waals surface area contributed by atoms with Gasteiger partial charge in [-0.15, -0.1) is 0 Å². The van der Waals surface area contributed by atoms with Crippen molar-refractivity contribution in [2.24, 2.45) is 0 Å². The number of fused-ring (bicyclic) bond motifs is 2. The number of aromatic carboxylic acids is 1. The number of pyridine rings is 1. The lowest BCUT2D eigenvalue weighted by molar-refractivity contribution is -0.255. The summed E-state index contributed by atoms with van der Waals surface area (Å²) in [6.45, 7) is -0.417. The number of carboxylic acids is 1. The molecule has 0 spiro atoms. The minimum atomic E-state index is -3.17. The predicted octanol–water partition coefficient (Wildman–Crippen LogP) is 7.84. The van der Waals surface area contributed by atoms with Crippen LogP contribution in [0.1, 0.15) is 70.0 Å². The van der Waals surface area contributed by atoms with E-state index in [9.17, 15) is 23.5 Å². The molecule has 0 amide bonds. The number of carbonyl (C=O) groups is 1. The molecule has 8 heteroatoms. The highest BCUT2D eigenvalue weighted by molar-refractivity contribution is 5.97. The maximum atomic E-state index is 14.1. The quantitative estimate of drug-likeness (QED) is 0.147. The summed E-state index contributed by atoms with van der Waals surface area (Å²) in [5.41, 5.74) is 4.75. The topological polar surface area (TPSA) is 74.6 Å². The van der Waals surface area contributed by atoms with Gasteiger partial charge in [0.25, 0.3) is 0 Å². The molecule has 0 N–H and O–H groups in total. The Balaban J connectivity index is 1.31. The molecule has 0 saturated heterocycles. The molecule has 1 aromatic heterocycles. The van der Waals surface area contributed by atoms with Crippen LogP contribution in [0.2, 0.25) is 0 Å². The van der Waals surface area contributed by atoms with E-state index in [0.29, 0.717) is 17.7 Å². The molecule has 250 valence electrons. The fraction of sp³-hybridized carbons (Fsp3) is 0.190. The maximum absolute atomic E-state index is 14.1. The number of alkyl halides is 2. The molecule has 8 rings (SSSR count). The summed E-state index contributed by atoms with van der Waals surface area (Å²) in [7, 11) is 0. The van der Waals surface area contributed by atoms with E-state index in [-0.39, 0.29) is 28.7 Å². The number of hydrogen-bond acceptors (Lipinski definition) is 5. The van der Waals surface area contributed by atoms with Gasteiger partial charge in [-0.2, -0.15) is 8.78 Å². The molecule has 1 atom stereocenters. The molecular weight excluding hydrogens is 634 g/mol. The molecular formula is C42H33F2N2O4-. The zero-order valence-electron chi connectivity index (χ0n) is 27.3. The normalized spacial score (nSPS) is 16.1. The number of aromatic nitrogens is 1. The molecule has 1 unspecified atom stereocenters. The van der Waals surface area contributed by atoms with Crippen LogP contribution in [0.15, 0.2) is 132 Å². The summed E-state index contributed by atoms with van der Waals surface area (Å²) in [6.07, 6.45) is 2.65. The highest BCUT2D eigenvalue weighted by Crippen LogP contribution is 2.51.